The van der Waals surface area contributed by atoms with Gasteiger partial charge >= 0.3 is 6.18 Å². The van der Waals surface area contributed by atoms with Crippen molar-refractivity contribution < 1.29 is 28.2 Å². The first-order valence-corrected chi connectivity index (χ1v) is 10.7. The highest BCUT2D eigenvalue weighted by Crippen LogP contribution is 2.40. The molecule has 2 aliphatic rings. The molecule has 2 aromatic rings. The second kappa shape index (κ2) is 8.14. The molecule has 4 N–H and O–H groups in total. The van der Waals surface area contributed by atoms with Crippen molar-refractivity contribution in [2.45, 2.75) is 63.6 Å². The number of carbonyl (C=O) groups is 1. The molecule has 4 rings (SSSR count). The van der Waals surface area contributed by atoms with Gasteiger partial charge in [-0.05, 0) is 56.4 Å². The van der Waals surface area contributed by atoms with Crippen LogP contribution < -0.4 is 10.6 Å². The van der Waals surface area contributed by atoms with E-state index in [4.69, 9.17) is 0 Å². The highest BCUT2D eigenvalue weighted by atomic mass is 19.4. The Kier molecular flexibility index (Phi) is 5.73. The van der Waals surface area contributed by atoms with Gasteiger partial charge in [0.2, 0.25) is 11.9 Å². The van der Waals surface area contributed by atoms with Gasteiger partial charge in [0.15, 0.2) is 0 Å². The zero-order valence-corrected chi connectivity index (χ0v) is 18.3. The normalized spacial score (nSPS) is 17.4. The number of carbonyl (C=O) groups excluding carboxylic acids is 1. The van der Waals surface area contributed by atoms with E-state index in [9.17, 15) is 28.2 Å². The number of anilines is 3. The maximum atomic E-state index is 13.3. The van der Waals surface area contributed by atoms with Gasteiger partial charge in [-0.1, -0.05) is 6.07 Å². The van der Waals surface area contributed by atoms with Crippen molar-refractivity contribution >= 4 is 23.4 Å². The molecule has 1 aromatic carbocycles. The zero-order valence-electron chi connectivity index (χ0n) is 18.3. The monoisotopic (exact) mass is 465 g/mol. The van der Waals surface area contributed by atoms with E-state index in [0.717, 1.165) is 11.1 Å². The molecule has 1 saturated carbocycles. The molecule has 33 heavy (non-hydrogen) atoms. The quantitative estimate of drug-likeness (QED) is 0.485. The molecule has 0 atom stereocenters. The van der Waals surface area contributed by atoms with E-state index >= 15 is 0 Å². The van der Waals surface area contributed by atoms with Crippen LogP contribution in [-0.4, -0.2) is 48.9 Å². The Labute approximate surface area is 188 Å². The molecule has 2 heterocycles. The number of alkyl halides is 3. The number of nitrogens with zero attached hydrogens (tertiary/aromatic N) is 3. The summed E-state index contributed by atoms with van der Waals surface area (Å²) in [5, 5.41) is 25.3. The first-order chi connectivity index (χ1) is 15.3. The number of hydrogen-bond donors (Lipinski definition) is 4. The van der Waals surface area contributed by atoms with E-state index in [2.05, 4.69) is 20.6 Å². The maximum Gasteiger partial charge on any atom is 0.421 e. The molecule has 178 valence electrons. The number of halogens is 3. The van der Waals surface area contributed by atoms with Crippen LogP contribution in [0, 0.1) is 0 Å². The standard InChI is InChI=1S/C22H26F3N5O3/c1-20(2,32)10-17(31)30-8-5-13-9-15(4-3-14(13)12-30)27-19-26-11-16(22(23,24)25)18(28-19)29-21(33)6-7-21/h3-4,9,11,32-33H,5-8,10,12H2,1-2H3,(H2,26,27,28,29). The lowest BCUT2D eigenvalue weighted by Crippen LogP contribution is -2.39. The van der Waals surface area contributed by atoms with Gasteiger partial charge in [-0.2, -0.15) is 18.2 Å². The van der Waals surface area contributed by atoms with Gasteiger partial charge in [0, 0.05) is 25.0 Å². The van der Waals surface area contributed by atoms with Gasteiger partial charge in [0.1, 0.15) is 17.1 Å². The minimum atomic E-state index is -4.66. The van der Waals surface area contributed by atoms with Crippen LogP contribution in [0.5, 0.6) is 0 Å². The summed E-state index contributed by atoms with van der Waals surface area (Å²) in [5.74, 6) is -0.628. The maximum absolute atomic E-state index is 13.3. The van der Waals surface area contributed by atoms with Crippen LogP contribution in [0.25, 0.3) is 0 Å². The summed E-state index contributed by atoms with van der Waals surface area (Å²) in [6.07, 6.45) is -2.64. The van der Waals surface area contributed by atoms with E-state index in [-0.39, 0.29) is 18.3 Å². The van der Waals surface area contributed by atoms with Crippen LogP contribution in [0.15, 0.2) is 24.4 Å². The Bertz CT molecular complexity index is 1060. The van der Waals surface area contributed by atoms with Crippen LogP contribution in [0.2, 0.25) is 0 Å². The smallest absolute Gasteiger partial charge is 0.390 e. The molecule has 0 spiro atoms. The fourth-order valence-electron chi connectivity index (χ4n) is 3.66. The lowest BCUT2D eigenvalue weighted by molar-refractivity contribution is -0.138. The number of rotatable bonds is 6. The SMILES string of the molecule is CC(C)(O)CC(=O)N1CCc2cc(Nc3ncc(C(F)(F)F)c(NC4(O)CC4)n3)ccc2C1. The van der Waals surface area contributed by atoms with Crippen molar-refractivity contribution in [1.82, 2.24) is 14.9 Å². The Morgan fingerprint density at radius 1 is 1.24 bits per heavy atom. The Morgan fingerprint density at radius 3 is 2.61 bits per heavy atom. The van der Waals surface area contributed by atoms with Crippen LogP contribution >= 0.6 is 0 Å². The van der Waals surface area contributed by atoms with Crippen molar-refractivity contribution in [3.05, 3.63) is 41.1 Å². The second-order valence-electron chi connectivity index (χ2n) is 9.27. The summed E-state index contributed by atoms with van der Waals surface area (Å²) in [5.41, 5.74) is -0.926. The number of benzene rings is 1. The van der Waals surface area contributed by atoms with E-state index in [1.165, 1.54) is 0 Å². The van der Waals surface area contributed by atoms with Crippen LogP contribution in [-0.2, 0) is 23.9 Å². The summed E-state index contributed by atoms with van der Waals surface area (Å²) in [4.78, 5) is 21.8. The number of fused-ring (bicyclic) bond motifs is 1. The average molecular weight is 465 g/mol. The second-order valence-corrected chi connectivity index (χ2v) is 9.27. The summed E-state index contributed by atoms with van der Waals surface area (Å²) >= 11 is 0. The van der Waals surface area contributed by atoms with Crippen molar-refractivity contribution in [2.24, 2.45) is 0 Å². The van der Waals surface area contributed by atoms with E-state index in [0.29, 0.717) is 44.2 Å². The molecule has 0 saturated heterocycles. The largest absolute Gasteiger partial charge is 0.421 e. The molecule has 1 aliphatic heterocycles. The number of aliphatic hydroxyl groups is 2. The van der Waals surface area contributed by atoms with Gasteiger partial charge < -0.3 is 25.7 Å². The predicted molar refractivity (Wildman–Crippen MR) is 115 cm³/mol. The molecule has 0 bridgehead atoms. The number of amides is 1. The third-order valence-corrected chi connectivity index (χ3v) is 5.58. The van der Waals surface area contributed by atoms with E-state index < -0.39 is 28.9 Å². The Balaban J connectivity index is 1.49. The minimum absolute atomic E-state index is 0.0347. The summed E-state index contributed by atoms with van der Waals surface area (Å²) in [6.45, 7) is 4.12. The topological polar surface area (TPSA) is 111 Å². The van der Waals surface area contributed by atoms with Gasteiger partial charge in [0.05, 0.1) is 12.0 Å². The van der Waals surface area contributed by atoms with Crippen molar-refractivity contribution in [1.29, 1.82) is 0 Å². The molecule has 0 radical (unpaired) electrons. The molecule has 8 nitrogen and oxygen atoms in total. The summed E-state index contributed by atoms with van der Waals surface area (Å²) in [6, 6.07) is 5.44. The van der Waals surface area contributed by atoms with Gasteiger partial charge in [-0.15, -0.1) is 0 Å². The van der Waals surface area contributed by atoms with Crippen LogP contribution in [0.1, 0.15) is 49.8 Å². The summed E-state index contributed by atoms with van der Waals surface area (Å²) < 4.78 is 39.9. The molecule has 1 aliphatic carbocycles. The van der Waals surface area contributed by atoms with Crippen LogP contribution in [0.4, 0.5) is 30.6 Å². The summed E-state index contributed by atoms with van der Waals surface area (Å²) in [7, 11) is 0. The molecule has 1 fully saturated rings. The Hall–Kier alpha value is -2.92. The fraction of sp³-hybridized carbons (Fsp3) is 0.500. The Morgan fingerprint density at radius 2 is 1.97 bits per heavy atom. The predicted octanol–water partition coefficient (Wildman–Crippen LogP) is 3.18. The molecule has 0 unspecified atom stereocenters. The number of nitrogens with one attached hydrogen (secondary N) is 2. The molecule has 1 aromatic heterocycles. The molecular formula is C22H26F3N5O3. The van der Waals surface area contributed by atoms with Gasteiger partial charge in [0.25, 0.3) is 0 Å². The van der Waals surface area contributed by atoms with E-state index in [1.54, 1.807) is 24.8 Å². The van der Waals surface area contributed by atoms with Crippen molar-refractivity contribution in [3.63, 3.8) is 0 Å². The first kappa shape index (κ1) is 23.2. The molecule has 11 heteroatoms. The van der Waals surface area contributed by atoms with Gasteiger partial charge in [-0.3, -0.25) is 4.79 Å². The fourth-order valence-corrected chi connectivity index (χ4v) is 3.66. The average Bonchev–Trinajstić information content (AvgIpc) is 3.42. The third-order valence-electron chi connectivity index (χ3n) is 5.58. The zero-order chi connectivity index (χ0) is 24.0. The minimum Gasteiger partial charge on any atom is -0.390 e. The lowest BCUT2D eigenvalue weighted by Gasteiger charge is -2.31. The number of hydrogen-bond acceptors (Lipinski definition) is 7. The van der Waals surface area contributed by atoms with Crippen molar-refractivity contribution in [2.75, 3.05) is 17.2 Å². The molecular weight excluding hydrogens is 439 g/mol. The van der Waals surface area contributed by atoms with E-state index in [1.807, 2.05) is 12.1 Å². The van der Waals surface area contributed by atoms with Gasteiger partial charge in [-0.25, -0.2) is 4.98 Å². The number of aromatic nitrogens is 2. The molecule has 1 amide bonds. The van der Waals surface area contributed by atoms with Crippen LogP contribution in [0.3, 0.4) is 0 Å². The highest BCUT2D eigenvalue weighted by Gasteiger charge is 2.44. The lowest BCUT2D eigenvalue weighted by atomic mass is 9.97. The van der Waals surface area contributed by atoms with Crippen molar-refractivity contribution in [3.8, 4) is 0 Å². The third kappa shape index (κ3) is 5.72. The first-order valence-electron chi connectivity index (χ1n) is 10.7. The highest BCUT2D eigenvalue weighted by molar-refractivity contribution is 5.77.